The Labute approximate surface area is 423 Å². The normalized spacial score (nSPS) is 12.2. The van der Waals surface area contributed by atoms with Crippen LogP contribution < -0.4 is 0 Å². The van der Waals surface area contributed by atoms with Crippen LogP contribution in [0.3, 0.4) is 0 Å². The van der Waals surface area contributed by atoms with Crippen molar-refractivity contribution in [2.24, 2.45) is 0 Å². The summed E-state index contributed by atoms with van der Waals surface area (Å²) in [6.07, 6.45) is 68.8. The van der Waals surface area contributed by atoms with Crippen LogP contribution in [-0.2, 0) is 28.6 Å². The summed E-state index contributed by atoms with van der Waals surface area (Å²) in [4.78, 5) is 38.0. The predicted octanol–water partition coefficient (Wildman–Crippen LogP) is 20.0. The van der Waals surface area contributed by atoms with Gasteiger partial charge in [0.15, 0.2) is 6.10 Å². The third-order valence-corrected chi connectivity index (χ3v) is 13.3. The average molecular weight is 956 g/mol. The summed E-state index contributed by atoms with van der Waals surface area (Å²) in [6, 6.07) is 0. The molecule has 0 aromatic rings. The Morgan fingerprint density at radius 3 is 0.809 bits per heavy atom. The Bertz CT molecular complexity index is 1140. The molecular weight excluding hydrogens is 841 g/mol. The van der Waals surface area contributed by atoms with Crippen molar-refractivity contribution >= 4 is 17.9 Å². The molecule has 68 heavy (non-hydrogen) atoms. The fourth-order valence-corrected chi connectivity index (χ4v) is 8.77. The monoisotopic (exact) mass is 955 g/mol. The van der Waals surface area contributed by atoms with E-state index in [2.05, 4.69) is 57.2 Å². The predicted molar refractivity (Wildman–Crippen MR) is 293 cm³/mol. The molecule has 0 aliphatic heterocycles. The van der Waals surface area contributed by atoms with Gasteiger partial charge in [-0.25, -0.2) is 0 Å². The molecule has 1 atom stereocenters. The van der Waals surface area contributed by atoms with E-state index in [1.54, 1.807) is 0 Å². The molecule has 0 aromatic heterocycles. The number of carbonyl (C=O) groups is 3. The van der Waals surface area contributed by atoms with Crippen molar-refractivity contribution in [3.63, 3.8) is 0 Å². The lowest BCUT2D eigenvalue weighted by Gasteiger charge is -2.18. The molecule has 0 radical (unpaired) electrons. The number of ether oxygens (including phenoxy) is 3. The molecule has 6 nitrogen and oxygen atoms in total. The maximum absolute atomic E-state index is 12.8. The van der Waals surface area contributed by atoms with Crippen molar-refractivity contribution < 1.29 is 28.6 Å². The van der Waals surface area contributed by atoms with Crippen molar-refractivity contribution in [3.8, 4) is 0 Å². The van der Waals surface area contributed by atoms with Crippen LogP contribution in [0.4, 0.5) is 0 Å². The first kappa shape index (κ1) is 65.6. The second kappa shape index (κ2) is 57.2. The molecule has 0 rings (SSSR count). The molecule has 0 amide bonds. The van der Waals surface area contributed by atoms with Gasteiger partial charge in [0.1, 0.15) is 13.2 Å². The highest BCUT2D eigenvalue weighted by atomic mass is 16.6. The molecule has 0 saturated carbocycles. The summed E-state index contributed by atoms with van der Waals surface area (Å²) in [5, 5.41) is 0. The summed E-state index contributed by atoms with van der Waals surface area (Å²) in [7, 11) is 0. The van der Waals surface area contributed by atoms with Crippen molar-refractivity contribution in [2.75, 3.05) is 13.2 Å². The van der Waals surface area contributed by atoms with Crippen LogP contribution in [0.1, 0.15) is 323 Å². The third kappa shape index (κ3) is 54.6. The SMILES string of the molecule is CCCC/C=C\CCCCCCCC(=O)OCC(COC(=O)CCCCCCCCCCCCCCCCC/C=C\CCCCCCCCCC)OC(=O)CCCCCCC/C=C\CCCCC. The molecule has 6 heteroatoms. The molecule has 0 N–H and O–H groups in total. The Kier molecular flexibility index (Phi) is 55.2. The minimum Gasteiger partial charge on any atom is -0.462 e. The van der Waals surface area contributed by atoms with Crippen molar-refractivity contribution in [1.82, 2.24) is 0 Å². The van der Waals surface area contributed by atoms with Crippen LogP contribution in [-0.4, -0.2) is 37.2 Å². The lowest BCUT2D eigenvalue weighted by atomic mass is 10.0. The van der Waals surface area contributed by atoms with Crippen molar-refractivity contribution in [1.29, 1.82) is 0 Å². The van der Waals surface area contributed by atoms with E-state index in [1.165, 1.54) is 205 Å². The number of unbranched alkanes of at least 4 members (excludes halogenated alkanes) is 38. The van der Waals surface area contributed by atoms with Gasteiger partial charge < -0.3 is 14.2 Å². The van der Waals surface area contributed by atoms with E-state index in [4.69, 9.17) is 14.2 Å². The van der Waals surface area contributed by atoms with Gasteiger partial charge in [-0.3, -0.25) is 14.4 Å². The molecular formula is C62H114O6. The first-order valence-electron chi connectivity index (χ1n) is 30.0. The maximum Gasteiger partial charge on any atom is 0.306 e. The van der Waals surface area contributed by atoms with Gasteiger partial charge in [0.05, 0.1) is 0 Å². The largest absolute Gasteiger partial charge is 0.462 e. The minimum absolute atomic E-state index is 0.0754. The lowest BCUT2D eigenvalue weighted by Crippen LogP contribution is -2.30. The summed E-state index contributed by atoms with van der Waals surface area (Å²) in [5.74, 6) is -0.881. The molecule has 0 spiro atoms. The second-order valence-corrected chi connectivity index (χ2v) is 20.2. The minimum atomic E-state index is -0.776. The van der Waals surface area contributed by atoms with Gasteiger partial charge in [0, 0.05) is 19.3 Å². The molecule has 0 aromatic carbocycles. The molecule has 0 bridgehead atoms. The van der Waals surface area contributed by atoms with Crippen molar-refractivity contribution in [3.05, 3.63) is 36.5 Å². The van der Waals surface area contributed by atoms with E-state index in [0.717, 1.165) is 77.0 Å². The fourth-order valence-electron chi connectivity index (χ4n) is 8.77. The van der Waals surface area contributed by atoms with Gasteiger partial charge in [0.2, 0.25) is 0 Å². The zero-order valence-corrected chi connectivity index (χ0v) is 45.6. The van der Waals surface area contributed by atoms with Crippen LogP contribution in [0.15, 0.2) is 36.5 Å². The van der Waals surface area contributed by atoms with Crippen LogP contribution in [0.25, 0.3) is 0 Å². The molecule has 0 saturated heterocycles. The fraction of sp³-hybridized carbons (Fsp3) is 0.855. The van der Waals surface area contributed by atoms with E-state index >= 15 is 0 Å². The zero-order chi connectivity index (χ0) is 49.3. The van der Waals surface area contributed by atoms with E-state index in [1.807, 2.05) is 0 Å². The number of allylic oxidation sites excluding steroid dienone is 6. The summed E-state index contributed by atoms with van der Waals surface area (Å²) >= 11 is 0. The molecule has 1 unspecified atom stereocenters. The molecule has 0 aliphatic rings. The van der Waals surface area contributed by atoms with Gasteiger partial charge in [-0.1, -0.05) is 250 Å². The highest BCUT2D eigenvalue weighted by molar-refractivity contribution is 5.71. The smallest absolute Gasteiger partial charge is 0.306 e. The van der Waals surface area contributed by atoms with Gasteiger partial charge in [0.25, 0.3) is 0 Å². The molecule has 0 fully saturated rings. The Balaban J connectivity index is 4.13. The van der Waals surface area contributed by atoms with Crippen LogP contribution >= 0.6 is 0 Å². The number of carbonyl (C=O) groups excluding carboxylic acids is 3. The third-order valence-electron chi connectivity index (χ3n) is 13.3. The zero-order valence-electron chi connectivity index (χ0n) is 45.6. The molecule has 398 valence electrons. The highest BCUT2D eigenvalue weighted by Gasteiger charge is 2.19. The number of rotatable bonds is 55. The Morgan fingerprint density at radius 2 is 0.500 bits per heavy atom. The van der Waals surface area contributed by atoms with Crippen LogP contribution in [0.5, 0.6) is 0 Å². The Hall–Kier alpha value is -2.37. The maximum atomic E-state index is 12.8. The first-order chi connectivity index (χ1) is 33.5. The average Bonchev–Trinajstić information content (AvgIpc) is 3.34. The van der Waals surface area contributed by atoms with Gasteiger partial charge in [-0.05, 0) is 89.9 Å². The second-order valence-electron chi connectivity index (χ2n) is 20.2. The Morgan fingerprint density at radius 1 is 0.279 bits per heavy atom. The van der Waals surface area contributed by atoms with Crippen LogP contribution in [0.2, 0.25) is 0 Å². The highest BCUT2D eigenvalue weighted by Crippen LogP contribution is 2.17. The lowest BCUT2D eigenvalue weighted by molar-refractivity contribution is -0.167. The topological polar surface area (TPSA) is 78.9 Å². The van der Waals surface area contributed by atoms with Gasteiger partial charge in [-0.15, -0.1) is 0 Å². The van der Waals surface area contributed by atoms with E-state index < -0.39 is 6.10 Å². The quantitative estimate of drug-likeness (QED) is 0.0262. The van der Waals surface area contributed by atoms with Gasteiger partial charge >= 0.3 is 17.9 Å². The standard InChI is InChI=1S/C62H114O6/c1-4-7-10-13-16-19-22-24-25-26-27-28-29-30-31-32-33-34-35-36-37-38-41-43-46-49-52-55-61(64)67-58-59(57-66-60(63)54-51-48-45-42-39-21-18-15-12-9-6-3)68-62(65)56-53-50-47-44-40-23-20-17-14-11-8-5-2/h15,17-18,20,26-27,59H,4-14,16,19,21-25,28-58H2,1-3H3/b18-15-,20-17-,27-26-. The van der Waals surface area contributed by atoms with Crippen molar-refractivity contribution in [2.45, 2.75) is 329 Å². The van der Waals surface area contributed by atoms with Crippen LogP contribution in [0, 0.1) is 0 Å². The first-order valence-corrected chi connectivity index (χ1v) is 30.0. The summed E-state index contributed by atoms with van der Waals surface area (Å²) in [5.41, 5.74) is 0. The number of esters is 3. The van der Waals surface area contributed by atoms with E-state index in [0.29, 0.717) is 19.3 Å². The summed E-state index contributed by atoms with van der Waals surface area (Å²) < 4.78 is 16.8. The van der Waals surface area contributed by atoms with Gasteiger partial charge in [-0.2, -0.15) is 0 Å². The molecule has 0 heterocycles. The number of hydrogen-bond donors (Lipinski definition) is 0. The molecule has 0 aliphatic carbocycles. The van der Waals surface area contributed by atoms with E-state index in [9.17, 15) is 14.4 Å². The summed E-state index contributed by atoms with van der Waals surface area (Å²) in [6.45, 7) is 6.60. The number of hydrogen-bond acceptors (Lipinski definition) is 6. The van der Waals surface area contributed by atoms with E-state index in [-0.39, 0.29) is 31.1 Å².